The summed E-state index contributed by atoms with van der Waals surface area (Å²) in [6.07, 6.45) is 1.91. The first-order valence-corrected chi connectivity index (χ1v) is 7.53. The fourth-order valence-electron chi connectivity index (χ4n) is 2.38. The topological polar surface area (TPSA) is 113 Å². The number of aromatic amines is 1. The van der Waals surface area contributed by atoms with E-state index in [2.05, 4.69) is 26.2 Å². The molecule has 22 heavy (non-hydrogen) atoms. The van der Waals surface area contributed by atoms with Crippen LogP contribution in [0.5, 0.6) is 0 Å². The molecular formula is C13H16BrN3O5. The number of amides is 1. The van der Waals surface area contributed by atoms with E-state index in [1.54, 1.807) is 0 Å². The van der Waals surface area contributed by atoms with E-state index in [4.69, 9.17) is 4.74 Å². The molecule has 0 aromatic carbocycles. The monoisotopic (exact) mass is 373 g/mol. The second-order valence-electron chi connectivity index (χ2n) is 4.90. The van der Waals surface area contributed by atoms with E-state index in [-0.39, 0.29) is 18.1 Å². The lowest BCUT2D eigenvalue weighted by atomic mass is 10.1. The second-order valence-corrected chi connectivity index (χ2v) is 5.43. The zero-order valence-corrected chi connectivity index (χ0v) is 13.4. The van der Waals surface area contributed by atoms with Gasteiger partial charge in [0.05, 0.1) is 18.2 Å². The zero-order chi connectivity index (χ0) is 16.3. The van der Waals surface area contributed by atoms with Gasteiger partial charge in [-0.3, -0.25) is 19.1 Å². The number of aromatic nitrogens is 2. The standard InChI is InChI=1S/C13H16BrN3O5/c1-7(19)15-9-4-11(22-10(9)6-18)17-5-8(2-3-14)12(20)16-13(17)21/h2-3,5,9-11,18H,4,6H2,1H3,(H,15,19)(H,16,20,21)/b3-2+/t9-,10+,11+/m0/s1. The van der Waals surface area contributed by atoms with Gasteiger partial charge >= 0.3 is 5.69 Å². The molecule has 9 heteroatoms. The average molecular weight is 374 g/mol. The Balaban J connectivity index is 2.32. The smallest absolute Gasteiger partial charge is 0.330 e. The third kappa shape index (κ3) is 3.54. The molecule has 8 nitrogen and oxygen atoms in total. The zero-order valence-electron chi connectivity index (χ0n) is 11.8. The largest absolute Gasteiger partial charge is 0.394 e. The third-order valence-corrected chi connectivity index (χ3v) is 3.62. The van der Waals surface area contributed by atoms with Gasteiger partial charge in [-0.2, -0.15) is 0 Å². The summed E-state index contributed by atoms with van der Waals surface area (Å²) in [6.45, 7) is 1.08. The second kappa shape index (κ2) is 7.03. The van der Waals surface area contributed by atoms with Crippen LogP contribution in [0.25, 0.3) is 6.08 Å². The summed E-state index contributed by atoms with van der Waals surface area (Å²) >= 11 is 3.07. The fourth-order valence-corrected chi connectivity index (χ4v) is 2.67. The fraction of sp³-hybridized carbons (Fsp3) is 0.462. The van der Waals surface area contributed by atoms with Gasteiger partial charge in [0.25, 0.3) is 5.56 Å². The van der Waals surface area contributed by atoms with E-state index in [0.717, 1.165) is 0 Å². The van der Waals surface area contributed by atoms with Gasteiger partial charge in [-0.25, -0.2) is 4.79 Å². The van der Waals surface area contributed by atoms with Crippen molar-refractivity contribution in [2.45, 2.75) is 31.7 Å². The van der Waals surface area contributed by atoms with Crippen LogP contribution in [0.1, 0.15) is 25.1 Å². The van der Waals surface area contributed by atoms with Crippen LogP contribution in [-0.4, -0.2) is 39.3 Å². The lowest BCUT2D eigenvalue weighted by Gasteiger charge is -2.16. The molecule has 2 rings (SSSR count). The maximum atomic E-state index is 11.9. The molecule has 0 bridgehead atoms. The molecule has 1 aromatic rings. The van der Waals surface area contributed by atoms with Gasteiger partial charge in [-0.1, -0.05) is 15.9 Å². The van der Waals surface area contributed by atoms with Crippen LogP contribution in [0, 0.1) is 0 Å². The summed E-state index contributed by atoms with van der Waals surface area (Å²) in [5.74, 6) is -0.246. The molecule has 0 unspecified atom stereocenters. The Bertz CT molecular complexity index is 696. The summed E-state index contributed by atoms with van der Waals surface area (Å²) in [7, 11) is 0. The van der Waals surface area contributed by atoms with Crippen molar-refractivity contribution in [1.82, 2.24) is 14.9 Å². The Morgan fingerprint density at radius 3 is 2.95 bits per heavy atom. The van der Waals surface area contributed by atoms with Crippen molar-refractivity contribution in [2.24, 2.45) is 0 Å². The Labute approximate surface area is 133 Å². The van der Waals surface area contributed by atoms with Gasteiger partial charge in [0.2, 0.25) is 5.91 Å². The van der Waals surface area contributed by atoms with Crippen LogP contribution in [0.15, 0.2) is 20.8 Å². The highest BCUT2D eigenvalue weighted by molar-refractivity contribution is 9.11. The van der Waals surface area contributed by atoms with Crippen molar-refractivity contribution < 1.29 is 14.6 Å². The van der Waals surface area contributed by atoms with Crippen LogP contribution >= 0.6 is 15.9 Å². The number of halogens is 1. The van der Waals surface area contributed by atoms with Crippen LogP contribution in [-0.2, 0) is 9.53 Å². The molecule has 0 saturated carbocycles. The average Bonchev–Trinajstić information content (AvgIpc) is 2.83. The Morgan fingerprint density at radius 2 is 2.36 bits per heavy atom. The van der Waals surface area contributed by atoms with Gasteiger partial charge in [0.15, 0.2) is 0 Å². The molecule has 2 heterocycles. The Kier molecular flexibility index (Phi) is 5.33. The first-order chi connectivity index (χ1) is 10.5. The molecule has 0 aliphatic carbocycles. The SMILES string of the molecule is CC(=O)N[C@H]1C[C@H](n2cc(/C=C/Br)c(=O)[nH]c2=O)O[C@@H]1CO. The quantitative estimate of drug-likeness (QED) is 0.669. The number of nitrogens with zero attached hydrogens (tertiary/aromatic N) is 1. The first-order valence-electron chi connectivity index (χ1n) is 6.62. The molecule has 1 fully saturated rings. The van der Waals surface area contributed by atoms with Crippen molar-refractivity contribution >= 4 is 27.9 Å². The number of hydrogen-bond donors (Lipinski definition) is 3. The Morgan fingerprint density at radius 1 is 1.64 bits per heavy atom. The minimum atomic E-state index is -0.680. The molecule has 1 saturated heterocycles. The highest BCUT2D eigenvalue weighted by Gasteiger charge is 2.36. The predicted octanol–water partition coefficient (Wildman–Crippen LogP) is -0.313. The van der Waals surface area contributed by atoms with E-state index in [9.17, 15) is 19.5 Å². The Hall–Kier alpha value is -1.71. The molecule has 1 aromatic heterocycles. The number of ether oxygens (including phenoxy) is 1. The van der Waals surface area contributed by atoms with Crippen LogP contribution in [0.2, 0.25) is 0 Å². The predicted molar refractivity (Wildman–Crippen MR) is 82.5 cm³/mol. The molecular weight excluding hydrogens is 358 g/mol. The lowest BCUT2D eigenvalue weighted by Crippen LogP contribution is -2.40. The lowest BCUT2D eigenvalue weighted by molar-refractivity contribution is -0.120. The number of rotatable bonds is 4. The third-order valence-electron chi connectivity index (χ3n) is 3.35. The molecule has 3 atom stereocenters. The number of hydrogen-bond acceptors (Lipinski definition) is 5. The van der Waals surface area contributed by atoms with Crippen molar-refractivity contribution in [2.75, 3.05) is 6.61 Å². The maximum absolute atomic E-state index is 11.9. The van der Waals surface area contributed by atoms with E-state index < -0.39 is 29.6 Å². The molecule has 3 N–H and O–H groups in total. The summed E-state index contributed by atoms with van der Waals surface area (Å²) in [4.78, 5) is 38.5. The molecule has 0 radical (unpaired) electrons. The molecule has 1 aliphatic rings. The minimum absolute atomic E-state index is 0.246. The van der Waals surface area contributed by atoms with Crippen LogP contribution < -0.4 is 16.6 Å². The first kappa shape index (κ1) is 16.7. The van der Waals surface area contributed by atoms with Gasteiger partial charge in [0.1, 0.15) is 12.3 Å². The number of aliphatic hydroxyl groups excluding tert-OH is 1. The van der Waals surface area contributed by atoms with Gasteiger partial charge in [0, 0.05) is 19.5 Å². The van der Waals surface area contributed by atoms with Crippen molar-refractivity contribution in [3.8, 4) is 0 Å². The van der Waals surface area contributed by atoms with Crippen LogP contribution in [0.4, 0.5) is 0 Å². The number of aliphatic hydroxyl groups is 1. The van der Waals surface area contributed by atoms with Gasteiger partial charge in [-0.15, -0.1) is 0 Å². The molecule has 1 amide bonds. The van der Waals surface area contributed by atoms with Crippen molar-refractivity contribution in [1.29, 1.82) is 0 Å². The number of nitrogens with one attached hydrogen (secondary N) is 2. The maximum Gasteiger partial charge on any atom is 0.330 e. The normalized spacial score (nSPS) is 24.8. The summed E-state index contributed by atoms with van der Waals surface area (Å²) in [5, 5.41) is 12.0. The summed E-state index contributed by atoms with van der Waals surface area (Å²) in [6, 6.07) is -0.401. The number of carbonyl (C=O) groups excluding carboxylic acids is 1. The summed E-state index contributed by atoms with van der Waals surface area (Å²) < 4.78 is 6.85. The van der Waals surface area contributed by atoms with E-state index in [1.807, 2.05) is 0 Å². The summed E-state index contributed by atoms with van der Waals surface area (Å²) in [5.41, 5.74) is -0.836. The highest BCUT2D eigenvalue weighted by atomic mass is 79.9. The van der Waals surface area contributed by atoms with E-state index >= 15 is 0 Å². The molecule has 0 spiro atoms. The molecule has 120 valence electrons. The minimum Gasteiger partial charge on any atom is -0.394 e. The van der Waals surface area contributed by atoms with Crippen LogP contribution in [0.3, 0.4) is 0 Å². The van der Waals surface area contributed by atoms with E-state index in [0.29, 0.717) is 6.42 Å². The number of carbonyl (C=O) groups is 1. The highest BCUT2D eigenvalue weighted by Crippen LogP contribution is 2.27. The van der Waals surface area contributed by atoms with E-state index in [1.165, 1.54) is 28.7 Å². The number of H-pyrrole nitrogens is 1. The molecule has 1 aliphatic heterocycles. The van der Waals surface area contributed by atoms with Crippen molar-refractivity contribution in [3.63, 3.8) is 0 Å². The van der Waals surface area contributed by atoms with Crippen molar-refractivity contribution in [3.05, 3.63) is 37.6 Å². The van der Waals surface area contributed by atoms with Gasteiger partial charge < -0.3 is 15.2 Å². The van der Waals surface area contributed by atoms with Gasteiger partial charge in [-0.05, 0) is 11.1 Å².